The molecule has 0 amide bonds. The van der Waals surface area contributed by atoms with Gasteiger partial charge in [-0.15, -0.1) is 11.3 Å². The maximum Gasteiger partial charge on any atom is 0.318 e. The largest absolute Gasteiger partial charge is 0.318 e. The van der Waals surface area contributed by atoms with Crippen LogP contribution >= 0.6 is 34.6 Å². The molecular weight excluding hydrogens is 870 g/mol. The van der Waals surface area contributed by atoms with Crippen LogP contribution in [0.2, 0.25) is 0 Å². The lowest BCUT2D eigenvalue weighted by atomic mass is 9.77. The van der Waals surface area contributed by atoms with Crippen molar-refractivity contribution in [3.05, 3.63) is 206 Å². The quantitative estimate of drug-likeness (QED) is 0.164. The average Bonchev–Trinajstić information content (AvgIpc) is 4.12. The second-order valence-corrected chi connectivity index (χ2v) is 21.6. The van der Waals surface area contributed by atoms with Crippen molar-refractivity contribution in [2.45, 2.75) is 9.79 Å². The minimum atomic E-state index is 0.159. The number of fused-ring (bicyclic) bond motifs is 17. The molecule has 3 nitrogen and oxygen atoms in total. The van der Waals surface area contributed by atoms with Crippen LogP contribution in [0.5, 0.6) is 0 Å². The van der Waals surface area contributed by atoms with Gasteiger partial charge in [-0.25, -0.2) is 0 Å². The molecule has 10 aromatic carbocycles. The summed E-state index contributed by atoms with van der Waals surface area (Å²) in [6.07, 6.45) is 0. The Bertz CT molecular complexity index is 4200. The highest BCUT2D eigenvalue weighted by Gasteiger charge is 2.38. The molecule has 0 bridgehead atoms. The summed E-state index contributed by atoms with van der Waals surface area (Å²) in [5, 5.41) is 10.5. The van der Waals surface area contributed by atoms with E-state index in [0.717, 1.165) is 0 Å². The van der Waals surface area contributed by atoms with E-state index < -0.39 is 0 Å². The second-order valence-electron chi connectivity index (χ2n) is 17.9. The normalized spacial score (nSPS) is 13.2. The number of hydrogen-bond donors (Lipinski definition) is 0. The van der Waals surface area contributed by atoms with Crippen LogP contribution in [0.4, 0.5) is 0 Å². The summed E-state index contributed by atoms with van der Waals surface area (Å²) in [5.41, 5.74) is 17.6. The molecule has 0 fully saturated rings. The van der Waals surface area contributed by atoms with Gasteiger partial charge in [-0.1, -0.05) is 127 Å². The van der Waals surface area contributed by atoms with E-state index in [-0.39, 0.29) is 5.27 Å². The van der Waals surface area contributed by atoms with Crippen molar-refractivity contribution in [2.75, 3.05) is 0 Å². The third-order valence-electron chi connectivity index (χ3n) is 14.5. The molecule has 14 aromatic rings. The number of benzene rings is 10. The number of nitrogens with zero attached hydrogens (tertiary/aromatic N) is 3. The lowest BCUT2D eigenvalue weighted by molar-refractivity contribution is 1.16. The van der Waals surface area contributed by atoms with Crippen LogP contribution in [-0.2, 0) is 0 Å². The molecule has 2 aliphatic rings. The molecule has 0 aliphatic carbocycles. The number of rotatable bonds is 3. The van der Waals surface area contributed by atoms with Crippen molar-refractivity contribution in [1.82, 2.24) is 13.7 Å². The Hall–Kier alpha value is -7.42. The smallest absolute Gasteiger partial charge is 0.309 e. The Kier molecular flexibility index (Phi) is 7.45. The summed E-state index contributed by atoms with van der Waals surface area (Å²) >= 11 is 5.91. The monoisotopic (exact) mass is 903 g/mol. The number of aromatic nitrogens is 3. The number of hydrogen-bond acceptors (Lipinski definition) is 3. The van der Waals surface area contributed by atoms with Gasteiger partial charge in [-0.3, -0.25) is 0 Å². The highest BCUT2D eigenvalue weighted by atomic mass is 32.2. The summed E-state index contributed by atoms with van der Waals surface area (Å²) in [6, 6.07) is 77.4. The molecule has 7 heteroatoms. The molecule has 0 saturated carbocycles. The van der Waals surface area contributed by atoms with E-state index in [2.05, 4.69) is 220 Å². The van der Waals surface area contributed by atoms with Gasteiger partial charge in [0.25, 0.3) is 0 Å². The Morgan fingerprint density at radius 3 is 1.25 bits per heavy atom. The second kappa shape index (κ2) is 13.6. The van der Waals surface area contributed by atoms with Gasteiger partial charge in [-0.2, -0.15) is 23.2 Å². The Labute approximate surface area is 397 Å². The fourth-order valence-electron chi connectivity index (χ4n) is 11.7. The zero-order valence-corrected chi connectivity index (χ0v) is 38.2. The minimum absolute atomic E-state index is 0.159. The van der Waals surface area contributed by atoms with Crippen molar-refractivity contribution < 1.29 is 0 Å². The van der Waals surface area contributed by atoms with Crippen LogP contribution in [0.3, 0.4) is 0 Å². The van der Waals surface area contributed by atoms with Crippen molar-refractivity contribution in [3.63, 3.8) is 0 Å². The van der Waals surface area contributed by atoms with E-state index in [1.165, 1.54) is 140 Å². The highest BCUT2D eigenvalue weighted by Crippen LogP contribution is 2.52. The first-order valence-corrected chi connectivity index (χ1v) is 25.4. The molecule has 6 heterocycles. The SMILES string of the molecule is c1ccc2c(c1)sc1ccc3c4ccccc4n(-c4cc5c6c(c4)-c4ccc(-n7c8ccccc8c8ccccc87)cc4SB6Sc4cc(-n6c7ccccc7c7ccccc76)ccc4-5)c3c12. The van der Waals surface area contributed by atoms with E-state index >= 15 is 0 Å². The summed E-state index contributed by atoms with van der Waals surface area (Å²) < 4.78 is 10.1. The lowest BCUT2D eigenvalue weighted by Gasteiger charge is -2.33. The number of thiophene rings is 1. The van der Waals surface area contributed by atoms with Crippen LogP contribution in [0.1, 0.15) is 0 Å². The van der Waals surface area contributed by atoms with Gasteiger partial charge < -0.3 is 13.7 Å². The van der Waals surface area contributed by atoms with E-state index in [1.807, 2.05) is 34.6 Å². The molecule has 2 aliphatic heterocycles. The fraction of sp³-hybridized carbons (Fsp3) is 0. The zero-order valence-electron chi connectivity index (χ0n) is 35.8. The van der Waals surface area contributed by atoms with Crippen LogP contribution in [0, 0.1) is 0 Å². The van der Waals surface area contributed by atoms with Gasteiger partial charge in [-0.05, 0) is 107 Å². The first-order valence-electron chi connectivity index (χ1n) is 22.8. The number of para-hydroxylation sites is 5. The Balaban J connectivity index is 0.979. The fourth-order valence-corrected chi connectivity index (χ4v) is 15.8. The molecule has 0 unspecified atom stereocenters. The third kappa shape index (κ3) is 5.01. The molecule has 0 radical (unpaired) electrons. The molecule has 67 heavy (non-hydrogen) atoms. The van der Waals surface area contributed by atoms with Crippen molar-refractivity contribution in [2.24, 2.45) is 0 Å². The predicted octanol–water partition coefficient (Wildman–Crippen LogP) is 16.6. The highest BCUT2D eigenvalue weighted by molar-refractivity contribution is 8.56. The van der Waals surface area contributed by atoms with Gasteiger partial charge in [0, 0.05) is 79.3 Å². The maximum atomic E-state index is 2.58. The molecule has 0 spiro atoms. The Morgan fingerprint density at radius 1 is 0.313 bits per heavy atom. The van der Waals surface area contributed by atoms with Gasteiger partial charge in [0.15, 0.2) is 0 Å². The predicted molar refractivity (Wildman–Crippen MR) is 290 cm³/mol. The molecular formula is C60H34BN3S3. The molecule has 16 rings (SSSR count). The van der Waals surface area contributed by atoms with Gasteiger partial charge in [0.1, 0.15) is 0 Å². The summed E-state index contributed by atoms with van der Waals surface area (Å²) in [4.78, 5) is 2.62. The zero-order chi connectivity index (χ0) is 43.5. The Morgan fingerprint density at radius 2 is 0.746 bits per heavy atom. The van der Waals surface area contributed by atoms with Crippen LogP contribution < -0.4 is 5.46 Å². The lowest BCUT2D eigenvalue weighted by Crippen LogP contribution is -2.34. The minimum Gasteiger partial charge on any atom is -0.309 e. The average molecular weight is 904 g/mol. The van der Waals surface area contributed by atoms with Crippen molar-refractivity contribution >= 4 is 131 Å². The standard InChI is InChI=1S/C60H34BN3S3/c1-7-19-49-38(13-1)39-14-2-8-20-50(39)62(49)35-25-27-43-47-31-37(64-53-23-11-5-17-42(53)45-29-30-55-58(60(45)64)46-18-6-12-24-54(46)65-55)32-48-44-28-26-36(34-57(44)67-61(59(47)48)66-56(43)33-35)63-51-21-9-3-15-40(51)41-16-4-10-22-52(41)63/h1-34H. The molecule has 310 valence electrons. The van der Waals surface area contributed by atoms with Gasteiger partial charge in [0.05, 0.1) is 33.1 Å². The third-order valence-corrected chi connectivity index (χ3v) is 18.3. The first-order chi connectivity index (χ1) is 33.2. The topological polar surface area (TPSA) is 14.8 Å². The van der Waals surface area contributed by atoms with E-state index in [4.69, 9.17) is 0 Å². The summed E-state index contributed by atoms with van der Waals surface area (Å²) in [6.45, 7) is 0. The first kappa shape index (κ1) is 36.8. The summed E-state index contributed by atoms with van der Waals surface area (Å²) in [7, 11) is 0. The maximum absolute atomic E-state index is 2.58. The van der Waals surface area contributed by atoms with Crippen LogP contribution in [-0.4, -0.2) is 19.0 Å². The van der Waals surface area contributed by atoms with E-state index in [1.54, 1.807) is 0 Å². The van der Waals surface area contributed by atoms with E-state index in [9.17, 15) is 0 Å². The summed E-state index contributed by atoms with van der Waals surface area (Å²) in [5.74, 6) is 0. The van der Waals surface area contributed by atoms with Crippen LogP contribution in [0.25, 0.3) is 125 Å². The molecule has 4 aromatic heterocycles. The van der Waals surface area contributed by atoms with Gasteiger partial charge >= 0.3 is 5.27 Å². The molecule has 0 saturated heterocycles. The molecule has 0 N–H and O–H groups in total. The van der Waals surface area contributed by atoms with Crippen molar-refractivity contribution in [3.8, 4) is 39.3 Å². The van der Waals surface area contributed by atoms with E-state index in [0.29, 0.717) is 0 Å². The molecule has 0 atom stereocenters. The van der Waals surface area contributed by atoms with Crippen LogP contribution in [0.15, 0.2) is 216 Å². The van der Waals surface area contributed by atoms with Crippen molar-refractivity contribution in [1.29, 1.82) is 0 Å². The van der Waals surface area contributed by atoms with Gasteiger partial charge in [0.2, 0.25) is 0 Å².